The number of carbonyl (C=O) groups is 3. The highest BCUT2D eigenvalue weighted by molar-refractivity contribution is 6.46. The summed E-state index contributed by atoms with van der Waals surface area (Å²) in [6.45, 7) is 0.808. The SMILES string of the molecule is COC(=O)c1ccc(C2/C(=C(\O)c3ccccc3OC)C(=O)C(=O)N2CCN(C)C)cc1. The van der Waals surface area contributed by atoms with Crippen molar-refractivity contribution >= 4 is 23.4 Å². The smallest absolute Gasteiger partial charge is 0.337 e. The summed E-state index contributed by atoms with van der Waals surface area (Å²) >= 11 is 0. The molecular formula is C24H26N2O6. The van der Waals surface area contributed by atoms with Gasteiger partial charge < -0.3 is 24.4 Å². The molecule has 2 aromatic rings. The molecule has 8 heteroatoms. The number of carbonyl (C=O) groups excluding carboxylic acids is 3. The molecule has 2 aromatic carbocycles. The van der Waals surface area contributed by atoms with Gasteiger partial charge in [-0.3, -0.25) is 9.59 Å². The van der Waals surface area contributed by atoms with Crippen molar-refractivity contribution < 1.29 is 29.0 Å². The molecular weight excluding hydrogens is 412 g/mol. The molecule has 3 rings (SSSR count). The summed E-state index contributed by atoms with van der Waals surface area (Å²) in [6, 6.07) is 12.4. The maximum absolute atomic E-state index is 13.0. The van der Waals surface area contributed by atoms with Gasteiger partial charge in [0.05, 0.1) is 37.0 Å². The van der Waals surface area contributed by atoms with Gasteiger partial charge in [0.15, 0.2) is 0 Å². The van der Waals surface area contributed by atoms with Crippen molar-refractivity contribution in [1.82, 2.24) is 9.80 Å². The zero-order chi connectivity index (χ0) is 23.4. The van der Waals surface area contributed by atoms with Gasteiger partial charge in [0, 0.05) is 13.1 Å². The maximum Gasteiger partial charge on any atom is 0.337 e. The van der Waals surface area contributed by atoms with Crippen molar-refractivity contribution in [3.05, 3.63) is 70.8 Å². The third-order valence-corrected chi connectivity index (χ3v) is 5.34. The number of amides is 1. The Labute approximate surface area is 186 Å². The molecule has 32 heavy (non-hydrogen) atoms. The molecule has 0 bridgehead atoms. The van der Waals surface area contributed by atoms with Gasteiger partial charge in [-0.05, 0) is 43.9 Å². The van der Waals surface area contributed by atoms with Crippen LogP contribution in [0.5, 0.6) is 5.75 Å². The van der Waals surface area contributed by atoms with Crippen LogP contribution in [0.1, 0.15) is 27.5 Å². The molecule has 1 fully saturated rings. The number of rotatable bonds is 7. The van der Waals surface area contributed by atoms with E-state index in [0.717, 1.165) is 0 Å². The Bertz CT molecular complexity index is 1060. The number of likely N-dealkylation sites (N-methyl/N-ethyl adjacent to an activating group) is 1. The van der Waals surface area contributed by atoms with Crippen molar-refractivity contribution in [3.8, 4) is 5.75 Å². The lowest BCUT2D eigenvalue weighted by Gasteiger charge is -2.26. The fraction of sp³-hybridized carbons (Fsp3) is 0.292. The second kappa shape index (κ2) is 9.65. The number of Topliss-reactive ketones (excluding diaryl/α,β-unsaturated/α-hetero) is 1. The number of aliphatic hydroxyl groups is 1. The fourth-order valence-corrected chi connectivity index (χ4v) is 3.67. The first-order valence-corrected chi connectivity index (χ1v) is 10.0. The highest BCUT2D eigenvalue weighted by Gasteiger charge is 2.46. The number of ether oxygens (including phenoxy) is 2. The normalized spacial score (nSPS) is 17.7. The minimum absolute atomic E-state index is 0.0240. The molecule has 8 nitrogen and oxygen atoms in total. The number of ketones is 1. The van der Waals surface area contributed by atoms with Gasteiger partial charge in [-0.25, -0.2) is 4.79 Å². The minimum Gasteiger partial charge on any atom is -0.507 e. The minimum atomic E-state index is -0.813. The van der Waals surface area contributed by atoms with E-state index in [0.29, 0.717) is 29.0 Å². The van der Waals surface area contributed by atoms with Crippen LogP contribution in [0.4, 0.5) is 0 Å². The molecule has 0 spiro atoms. The topological polar surface area (TPSA) is 96.4 Å². The van der Waals surface area contributed by atoms with E-state index < -0.39 is 23.7 Å². The van der Waals surface area contributed by atoms with Crippen LogP contribution >= 0.6 is 0 Å². The number of aliphatic hydroxyl groups excluding tert-OH is 1. The molecule has 0 radical (unpaired) electrons. The molecule has 0 saturated carbocycles. The number of hydrogen-bond donors (Lipinski definition) is 1. The van der Waals surface area contributed by atoms with E-state index in [4.69, 9.17) is 9.47 Å². The second-order valence-electron chi connectivity index (χ2n) is 7.61. The van der Waals surface area contributed by atoms with Crippen molar-refractivity contribution in [2.75, 3.05) is 41.4 Å². The highest BCUT2D eigenvalue weighted by Crippen LogP contribution is 2.40. The van der Waals surface area contributed by atoms with Gasteiger partial charge in [0.1, 0.15) is 11.5 Å². The first-order chi connectivity index (χ1) is 15.3. The summed E-state index contributed by atoms with van der Waals surface area (Å²) in [5, 5.41) is 11.1. The van der Waals surface area contributed by atoms with Gasteiger partial charge in [-0.2, -0.15) is 0 Å². The van der Waals surface area contributed by atoms with Crippen LogP contribution < -0.4 is 4.74 Å². The summed E-state index contributed by atoms with van der Waals surface area (Å²) in [4.78, 5) is 41.1. The van der Waals surface area contributed by atoms with Gasteiger partial charge >= 0.3 is 5.97 Å². The van der Waals surface area contributed by atoms with Crippen LogP contribution in [0.25, 0.3) is 5.76 Å². The Morgan fingerprint density at radius 1 is 1.06 bits per heavy atom. The van der Waals surface area contributed by atoms with E-state index in [2.05, 4.69) is 0 Å². The summed E-state index contributed by atoms with van der Waals surface area (Å²) in [5.41, 5.74) is 1.22. The molecule has 0 aliphatic carbocycles. The first kappa shape index (κ1) is 23.0. The largest absolute Gasteiger partial charge is 0.507 e. The Morgan fingerprint density at radius 3 is 2.31 bits per heavy atom. The van der Waals surface area contributed by atoms with Crippen LogP contribution in [-0.4, -0.2) is 74.0 Å². The molecule has 1 N–H and O–H groups in total. The lowest BCUT2D eigenvalue weighted by molar-refractivity contribution is -0.140. The first-order valence-electron chi connectivity index (χ1n) is 10.0. The standard InChI is InChI=1S/C24H26N2O6/c1-25(2)13-14-26-20(15-9-11-16(12-10-15)24(30)32-4)19(22(28)23(26)29)21(27)17-7-5-6-8-18(17)31-3/h5-12,20,27H,13-14H2,1-4H3/b21-19+. The van der Waals surface area contributed by atoms with E-state index in [-0.39, 0.29) is 17.9 Å². The maximum atomic E-state index is 13.0. The van der Waals surface area contributed by atoms with Crippen LogP contribution in [0, 0.1) is 0 Å². The number of esters is 1. The van der Waals surface area contributed by atoms with Gasteiger partial charge in [0.2, 0.25) is 0 Å². The van der Waals surface area contributed by atoms with Crippen molar-refractivity contribution in [3.63, 3.8) is 0 Å². The average Bonchev–Trinajstić information content (AvgIpc) is 3.06. The van der Waals surface area contributed by atoms with Crippen LogP contribution in [0.2, 0.25) is 0 Å². The predicted molar refractivity (Wildman–Crippen MR) is 118 cm³/mol. The third kappa shape index (κ3) is 4.36. The Kier molecular flexibility index (Phi) is 6.95. The number of para-hydroxylation sites is 1. The molecule has 1 atom stereocenters. The van der Waals surface area contributed by atoms with Crippen molar-refractivity contribution in [1.29, 1.82) is 0 Å². The van der Waals surface area contributed by atoms with Gasteiger partial charge in [0.25, 0.3) is 11.7 Å². The summed E-state index contributed by atoms with van der Waals surface area (Å²) in [7, 11) is 6.49. The quantitative estimate of drug-likeness (QED) is 0.307. The van der Waals surface area contributed by atoms with E-state index in [1.54, 1.807) is 48.5 Å². The summed E-state index contributed by atoms with van der Waals surface area (Å²) in [6.07, 6.45) is 0. The number of hydrogen-bond acceptors (Lipinski definition) is 7. The van der Waals surface area contributed by atoms with E-state index >= 15 is 0 Å². The molecule has 1 unspecified atom stereocenters. The average molecular weight is 438 g/mol. The lowest BCUT2D eigenvalue weighted by Crippen LogP contribution is -2.35. The van der Waals surface area contributed by atoms with Crippen molar-refractivity contribution in [2.24, 2.45) is 0 Å². The van der Waals surface area contributed by atoms with Crippen LogP contribution in [0.15, 0.2) is 54.1 Å². The van der Waals surface area contributed by atoms with E-state index in [9.17, 15) is 19.5 Å². The number of likely N-dealkylation sites (tertiary alicyclic amines) is 1. The third-order valence-electron chi connectivity index (χ3n) is 5.34. The van der Waals surface area contributed by atoms with Crippen LogP contribution in [-0.2, 0) is 14.3 Å². The highest BCUT2D eigenvalue weighted by atomic mass is 16.5. The van der Waals surface area contributed by atoms with E-state index in [1.807, 2.05) is 19.0 Å². The fourth-order valence-electron chi connectivity index (χ4n) is 3.67. The molecule has 0 aromatic heterocycles. The Balaban J connectivity index is 2.16. The molecule has 1 aliphatic heterocycles. The van der Waals surface area contributed by atoms with Gasteiger partial charge in [-0.15, -0.1) is 0 Å². The summed E-state index contributed by atoms with van der Waals surface area (Å²) < 4.78 is 10.1. The van der Waals surface area contributed by atoms with E-state index in [1.165, 1.54) is 19.1 Å². The number of benzene rings is 2. The Hall–Kier alpha value is -3.65. The molecule has 1 heterocycles. The Morgan fingerprint density at radius 2 is 1.72 bits per heavy atom. The zero-order valence-corrected chi connectivity index (χ0v) is 18.5. The predicted octanol–water partition coefficient (Wildman–Crippen LogP) is 2.47. The van der Waals surface area contributed by atoms with Gasteiger partial charge in [-0.1, -0.05) is 24.3 Å². The number of methoxy groups -OCH3 is 2. The van der Waals surface area contributed by atoms with Crippen molar-refractivity contribution in [2.45, 2.75) is 6.04 Å². The molecule has 168 valence electrons. The number of nitrogens with zero attached hydrogens (tertiary/aromatic N) is 2. The molecule has 1 aliphatic rings. The summed E-state index contributed by atoms with van der Waals surface area (Å²) in [5.74, 6) is -1.88. The second-order valence-corrected chi connectivity index (χ2v) is 7.61. The lowest BCUT2D eigenvalue weighted by atomic mass is 9.94. The molecule has 1 saturated heterocycles. The van der Waals surface area contributed by atoms with Crippen LogP contribution in [0.3, 0.4) is 0 Å². The molecule has 1 amide bonds. The zero-order valence-electron chi connectivity index (χ0n) is 18.5. The monoisotopic (exact) mass is 438 g/mol.